The van der Waals surface area contributed by atoms with E-state index >= 15 is 0 Å². The number of nitrogens with two attached hydrogens (primary N) is 2. The Morgan fingerprint density at radius 1 is 1.43 bits per heavy atom. The number of benzene rings is 1. The van der Waals surface area contributed by atoms with Crippen LogP contribution in [0.5, 0.6) is 0 Å². The van der Waals surface area contributed by atoms with Crippen LogP contribution in [0.1, 0.15) is 11.6 Å². The van der Waals surface area contributed by atoms with Crippen LogP contribution in [0.15, 0.2) is 28.9 Å². The van der Waals surface area contributed by atoms with Crippen molar-refractivity contribution in [2.45, 2.75) is 6.04 Å². The Morgan fingerprint density at radius 3 is 2.93 bits per heavy atom. The smallest absolute Gasteiger partial charge is 0.0468 e. The molecule has 1 unspecified atom stereocenters. The van der Waals surface area contributed by atoms with E-state index in [1.807, 2.05) is 24.4 Å². The Kier molecular flexibility index (Phi) is 2.58. The van der Waals surface area contributed by atoms with Crippen molar-refractivity contribution >= 4 is 26.8 Å². The van der Waals surface area contributed by atoms with Gasteiger partial charge < -0.3 is 16.5 Å². The summed E-state index contributed by atoms with van der Waals surface area (Å²) in [5.41, 5.74) is 13.6. The van der Waals surface area contributed by atoms with Gasteiger partial charge in [-0.3, -0.25) is 0 Å². The number of aromatic nitrogens is 1. The Hall–Kier alpha value is -0.840. The van der Waals surface area contributed by atoms with E-state index in [-0.39, 0.29) is 6.04 Å². The average molecular weight is 254 g/mol. The molecule has 0 spiro atoms. The topological polar surface area (TPSA) is 67.8 Å². The van der Waals surface area contributed by atoms with Crippen LogP contribution in [0.25, 0.3) is 10.9 Å². The molecule has 0 radical (unpaired) electrons. The molecule has 0 aliphatic heterocycles. The molecular formula is C10H12BrN3. The van der Waals surface area contributed by atoms with E-state index in [0.717, 1.165) is 20.9 Å². The molecular weight excluding hydrogens is 242 g/mol. The first-order valence-electron chi connectivity index (χ1n) is 4.44. The van der Waals surface area contributed by atoms with E-state index in [1.54, 1.807) is 0 Å². The lowest BCUT2D eigenvalue weighted by Crippen LogP contribution is -2.20. The lowest BCUT2D eigenvalue weighted by molar-refractivity contribution is 0.743. The highest BCUT2D eigenvalue weighted by molar-refractivity contribution is 9.10. The van der Waals surface area contributed by atoms with E-state index in [1.165, 1.54) is 0 Å². The van der Waals surface area contributed by atoms with Gasteiger partial charge in [-0.2, -0.15) is 0 Å². The van der Waals surface area contributed by atoms with Gasteiger partial charge in [-0.15, -0.1) is 0 Å². The summed E-state index contributed by atoms with van der Waals surface area (Å²) in [6.07, 6.45) is 1.93. The van der Waals surface area contributed by atoms with Crippen molar-refractivity contribution in [1.82, 2.24) is 4.98 Å². The largest absolute Gasteiger partial charge is 0.361 e. The van der Waals surface area contributed by atoms with Crippen LogP contribution in [-0.2, 0) is 0 Å². The molecule has 3 nitrogen and oxygen atoms in total. The fourth-order valence-corrected chi connectivity index (χ4v) is 1.92. The van der Waals surface area contributed by atoms with Crippen LogP contribution in [0, 0.1) is 0 Å². The van der Waals surface area contributed by atoms with Crippen LogP contribution >= 0.6 is 15.9 Å². The maximum absolute atomic E-state index is 5.89. The van der Waals surface area contributed by atoms with Crippen LogP contribution in [-0.4, -0.2) is 11.5 Å². The molecule has 1 aromatic carbocycles. The summed E-state index contributed by atoms with van der Waals surface area (Å²) >= 11 is 3.42. The Balaban J connectivity index is 2.58. The number of hydrogen-bond donors (Lipinski definition) is 3. The number of aromatic amines is 1. The number of rotatable bonds is 2. The quantitative estimate of drug-likeness (QED) is 0.766. The molecule has 74 valence electrons. The summed E-state index contributed by atoms with van der Waals surface area (Å²) in [6.45, 7) is 0.461. The first-order chi connectivity index (χ1) is 6.72. The third kappa shape index (κ3) is 1.56. The van der Waals surface area contributed by atoms with Crippen molar-refractivity contribution in [1.29, 1.82) is 0 Å². The third-order valence-corrected chi connectivity index (χ3v) is 2.82. The molecule has 0 fully saturated rings. The van der Waals surface area contributed by atoms with Gasteiger partial charge in [-0.1, -0.05) is 22.0 Å². The van der Waals surface area contributed by atoms with E-state index in [9.17, 15) is 0 Å². The molecule has 0 aliphatic rings. The van der Waals surface area contributed by atoms with Crippen molar-refractivity contribution in [2.75, 3.05) is 6.54 Å². The molecule has 1 aromatic heterocycles. The zero-order valence-corrected chi connectivity index (χ0v) is 9.21. The van der Waals surface area contributed by atoms with Gasteiger partial charge >= 0.3 is 0 Å². The molecule has 1 atom stereocenters. The van der Waals surface area contributed by atoms with Gasteiger partial charge in [0.25, 0.3) is 0 Å². The summed E-state index contributed by atoms with van der Waals surface area (Å²) in [7, 11) is 0. The second-order valence-corrected chi connectivity index (χ2v) is 4.19. The number of H-pyrrole nitrogens is 1. The van der Waals surface area contributed by atoms with Crippen molar-refractivity contribution in [2.24, 2.45) is 11.5 Å². The maximum Gasteiger partial charge on any atom is 0.0468 e. The molecule has 0 saturated carbocycles. The minimum Gasteiger partial charge on any atom is -0.361 e. The number of hydrogen-bond acceptors (Lipinski definition) is 2. The minimum atomic E-state index is -0.0927. The predicted octanol–water partition coefficient (Wildman–Crippen LogP) is 1.89. The second-order valence-electron chi connectivity index (χ2n) is 3.28. The fourth-order valence-electron chi connectivity index (χ4n) is 1.55. The first-order valence-corrected chi connectivity index (χ1v) is 5.24. The van der Waals surface area contributed by atoms with E-state index in [2.05, 4.69) is 20.9 Å². The zero-order valence-electron chi connectivity index (χ0n) is 7.63. The normalized spacial score (nSPS) is 13.4. The van der Waals surface area contributed by atoms with Crippen LogP contribution in [0.3, 0.4) is 0 Å². The lowest BCUT2D eigenvalue weighted by atomic mass is 10.1. The van der Waals surface area contributed by atoms with Gasteiger partial charge in [-0.25, -0.2) is 0 Å². The Labute approximate surface area is 90.6 Å². The third-order valence-electron chi connectivity index (χ3n) is 2.33. The van der Waals surface area contributed by atoms with Crippen molar-refractivity contribution in [3.8, 4) is 0 Å². The molecule has 0 aliphatic carbocycles. The highest BCUT2D eigenvalue weighted by atomic mass is 79.9. The van der Waals surface area contributed by atoms with Gasteiger partial charge in [0.2, 0.25) is 0 Å². The first kappa shape index (κ1) is 9.71. The van der Waals surface area contributed by atoms with E-state index in [4.69, 9.17) is 11.5 Å². The van der Waals surface area contributed by atoms with Gasteiger partial charge in [0.1, 0.15) is 0 Å². The summed E-state index contributed by atoms with van der Waals surface area (Å²) in [4.78, 5) is 3.18. The molecule has 5 N–H and O–H groups in total. The molecule has 4 heteroatoms. The fraction of sp³-hybridized carbons (Fsp3) is 0.200. The molecule has 0 saturated heterocycles. The second kappa shape index (κ2) is 3.73. The van der Waals surface area contributed by atoms with Gasteiger partial charge in [0.05, 0.1) is 0 Å². The number of nitrogens with one attached hydrogen (secondary N) is 1. The molecule has 14 heavy (non-hydrogen) atoms. The number of fused-ring (bicyclic) bond motifs is 1. The molecule has 2 rings (SSSR count). The van der Waals surface area contributed by atoms with Crippen molar-refractivity contribution in [3.05, 3.63) is 34.4 Å². The van der Waals surface area contributed by atoms with Crippen LogP contribution in [0.4, 0.5) is 0 Å². The molecule has 0 amide bonds. The van der Waals surface area contributed by atoms with E-state index < -0.39 is 0 Å². The van der Waals surface area contributed by atoms with Crippen LogP contribution < -0.4 is 11.5 Å². The van der Waals surface area contributed by atoms with Gasteiger partial charge in [0, 0.05) is 34.2 Å². The standard InChI is InChI=1S/C10H12BrN3/c11-6-1-2-7-8(9(13)4-12)5-14-10(7)3-6/h1-3,5,9,14H,4,12-13H2. The molecule has 0 bridgehead atoms. The minimum absolute atomic E-state index is 0.0927. The summed E-state index contributed by atoms with van der Waals surface area (Å²) in [6, 6.07) is 5.98. The molecule has 2 aromatic rings. The SMILES string of the molecule is NCC(N)c1c[nH]c2cc(Br)ccc12. The highest BCUT2D eigenvalue weighted by Crippen LogP contribution is 2.25. The summed E-state index contributed by atoms with van der Waals surface area (Å²) in [5.74, 6) is 0. The van der Waals surface area contributed by atoms with Gasteiger partial charge in [0.15, 0.2) is 0 Å². The monoisotopic (exact) mass is 253 g/mol. The Morgan fingerprint density at radius 2 is 2.21 bits per heavy atom. The van der Waals surface area contributed by atoms with Crippen LogP contribution in [0.2, 0.25) is 0 Å². The van der Waals surface area contributed by atoms with Crippen molar-refractivity contribution in [3.63, 3.8) is 0 Å². The molecule has 1 heterocycles. The Bertz CT molecular complexity index is 450. The number of halogens is 1. The highest BCUT2D eigenvalue weighted by Gasteiger charge is 2.09. The zero-order chi connectivity index (χ0) is 10.1. The van der Waals surface area contributed by atoms with E-state index in [0.29, 0.717) is 6.54 Å². The summed E-state index contributed by atoms with van der Waals surface area (Å²) < 4.78 is 1.06. The van der Waals surface area contributed by atoms with Crippen molar-refractivity contribution < 1.29 is 0 Å². The average Bonchev–Trinajstić information content (AvgIpc) is 2.59. The lowest BCUT2D eigenvalue weighted by Gasteiger charge is -2.06. The predicted molar refractivity (Wildman–Crippen MR) is 62.0 cm³/mol. The maximum atomic E-state index is 5.89. The van der Waals surface area contributed by atoms with Gasteiger partial charge in [-0.05, 0) is 17.7 Å². The summed E-state index contributed by atoms with van der Waals surface area (Å²) in [5, 5.41) is 1.14.